The number of benzene rings is 1. The van der Waals surface area contributed by atoms with Crippen LogP contribution in [0.5, 0.6) is 5.75 Å². The lowest BCUT2D eigenvalue weighted by Crippen LogP contribution is -2.21. The predicted molar refractivity (Wildman–Crippen MR) is 110 cm³/mol. The standard InChI is InChI=1S/C19H22F3N4O3P/c1-10(9-27)25-18-24-8-13(19(20,21)22)15(26-18)12-7-23-16-11(12)5-6-14(29-2)17(16)30(3,4)28/h5-8,10,23,27H,9H2,1-4H3,(H,24,25,26)/t10-/m0/s1. The van der Waals surface area contributed by atoms with Crippen LogP contribution in [0.2, 0.25) is 0 Å². The van der Waals surface area contributed by atoms with Gasteiger partial charge in [-0.2, -0.15) is 13.2 Å². The fourth-order valence-corrected chi connectivity index (χ4v) is 4.61. The van der Waals surface area contributed by atoms with E-state index in [-0.39, 0.29) is 23.8 Å². The van der Waals surface area contributed by atoms with E-state index >= 15 is 0 Å². The molecule has 0 radical (unpaired) electrons. The summed E-state index contributed by atoms with van der Waals surface area (Å²) in [5.41, 5.74) is -0.701. The molecule has 3 N–H and O–H groups in total. The van der Waals surface area contributed by atoms with Gasteiger partial charge in [0.2, 0.25) is 5.95 Å². The van der Waals surface area contributed by atoms with E-state index in [1.807, 2.05) is 0 Å². The number of fused-ring (bicyclic) bond motifs is 1. The van der Waals surface area contributed by atoms with Gasteiger partial charge in [0.15, 0.2) is 0 Å². The summed E-state index contributed by atoms with van der Waals surface area (Å²) in [6.45, 7) is 4.53. The van der Waals surface area contributed by atoms with Crippen LogP contribution in [0.1, 0.15) is 12.5 Å². The number of nitrogens with one attached hydrogen (secondary N) is 2. The molecule has 0 unspecified atom stereocenters. The zero-order chi connectivity index (χ0) is 22.3. The van der Waals surface area contributed by atoms with Gasteiger partial charge in [0.05, 0.1) is 30.2 Å². The SMILES string of the molecule is COc1ccc2c(-c3nc(N[C@@H](C)CO)ncc3C(F)(F)F)c[nH]c2c1P(C)(C)=O. The molecule has 0 fully saturated rings. The van der Waals surface area contributed by atoms with Crippen LogP contribution in [-0.4, -0.2) is 53.1 Å². The first-order valence-corrected chi connectivity index (χ1v) is 11.6. The van der Waals surface area contributed by atoms with Gasteiger partial charge < -0.3 is 24.7 Å². The molecule has 2 aromatic heterocycles. The lowest BCUT2D eigenvalue weighted by Gasteiger charge is -2.16. The van der Waals surface area contributed by atoms with Crippen LogP contribution < -0.4 is 15.4 Å². The van der Waals surface area contributed by atoms with Crippen molar-refractivity contribution in [3.63, 3.8) is 0 Å². The molecule has 0 aliphatic carbocycles. The second-order valence-corrected chi connectivity index (χ2v) is 10.4. The van der Waals surface area contributed by atoms with Gasteiger partial charge in [0.25, 0.3) is 0 Å². The van der Waals surface area contributed by atoms with Crippen molar-refractivity contribution in [2.45, 2.75) is 19.1 Å². The number of rotatable bonds is 6. The molecule has 0 saturated heterocycles. The van der Waals surface area contributed by atoms with Crippen molar-refractivity contribution < 1.29 is 27.6 Å². The molecular formula is C19H22F3N4O3P. The molecule has 1 atom stereocenters. The maximum absolute atomic E-state index is 13.7. The molecule has 0 bridgehead atoms. The van der Waals surface area contributed by atoms with Gasteiger partial charge in [-0.15, -0.1) is 0 Å². The van der Waals surface area contributed by atoms with Crippen LogP contribution in [0.4, 0.5) is 19.1 Å². The number of H-pyrrole nitrogens is 1. The Kier molecular flexibility index (Phi) is 5.84. The highest BCUT2D eigenvalue weighted by molar-refractivity contribution is 7.70. The first-order valence-electron chi connectivity index (χ1n) is 9.03. The van der Waals surface area contributed by atoms with E-state index in [0.29, 0.717) is 28.2 Å². The summed E-state index contributed by atoms with van der Waals surface area (Å²) in [6, 6.07) is 2.74. The van der Waals surface area contributed by atoms with Crippen molar-refractivity contribution >= 4 is 29.3 Å². The van der Waals surface area contributed by atoms with Crippen molar-refractivity contribution in [3.8, 4) is 17.0 Å². The molecule has 0 spiro atoms. The second kappa shape index (κ2) is 7.92. The van der Waals surface area contributed by atoms with E-state index in [4.69, 9.17) is 4.74 Å². The quantitative estimate of drug-likeness (QED) is 0.504. The molecule has 2 heterocycles. The summed E-state index contributed by atoms with van der Waals surface area (Å²) < 4.78 is 59.2. The highest BCUT2D eigenvalue weighted by Gasteiger charge is 2.36. The third-order valence-electron chi connectivity index (χ3n) is 4.55. The van der Waals surface area contributed by atoms with Crippen LogP contribution in [0, 0.1) is 0 Å². The van der Waals surface area contributed by atoms with Gasteiger partial charge >= 0.3 is 6.18 Å². The number of aromatic nitrogens is 3. The Hall–Kier alpha value is -2.58. The molecular weight excluding hydrogens is 420 g/mol. The zero-order valence-corrected chi connectivity index (χ0v) is 17.7. The molecule has 162 valence electrons. The number of anilines is 1. The number of aliphatic hydroxyl groups excluding tert-OH is 1. The Morgan fingerprint density at radius 3 is 2.60 bits per heavy atom. The highest BCUT2D eigenvalue weighted by atomic mass is 31.2. The van der Waals surface area contributed by atoms with Crippen molar-refractivity contribution in [2.75, 3.05) is 32.4 Å². The molecule has 1 aromatic carbocycles. The molecule has 3 rings (SSSR count). The Morgan fingerprint density at radius 2 is 2.03 bits per heavy atom. The molecule has 3 aromatic rings. The molecule has 0 saturated carbocycles. The average Bonchev–Trinajstić information content (AvgIpc) is 3.08. The molecule has 0 amide bonds. The highest BCUT2D eigenvalue weighted by Crippen LogP contribution is 2.44. The number of aliphatic hydroxyl groups is 1. The van der Waals surface area contributed by atoms with Crippen molar-refractivity contribution in [1.29, 1.82) is 0 Å². The van der Waals surface area contributed by atoms with E-state index in [1.54, 1.807) is 32.4 Å². The number of alkyl halides is 3. The van der Waals surface area contributed by atoms with Gasteiger partial charge in [-0.05, 0) is 32.4 Å². The van der Waals surface area contributed by atoms with Crippen LogP contribution in [0.25, 0.3) is 22.2 Å². The maximum atomic E-state index is 13.7. The van der Waals surface area contributed by atoms with Crippen LogP contribution in [0.15, 0.2) is 24.5 Å². The summed E-state index contributed by atoms with van der Waals surface area (Å²) in [7, 11) is -1.38. The van der Waals surface area contributed by atoms with Gasteiger partial charge in [-0.1, -0.05) is 0 Å². The largest absolute Gasteiger partial charge is 0.496 e. The number of aromatic amines is 1. The first-order chi connectivity index (χ1) is 14.0. The number of hydrogen-bond donors (Lipinski definition) is 3. The normalized spacial score (nSPS) is 13.5. The summed E-state index contributed by atoms with van der Waals surface area (Å²) in [5, 5.41) is 12.8. The smallest absolute Gasteiger partial charge is 0.419 e. The topological polar surface area (TPSA) is 100 Å². The van der Waals surface area contributed by atoms with Crippen LogP contribution in [0.3, 0.4) is 0 Å². The Balaban J connectivity index is 2.29. The summed E-state index contributed by atoms with van der Waals surface area (Å²) in [6.07, 6.45) is -2.57. The number of nitrogens with zero attached hydrogens (tertiary/aromatic N) is 2. The van der Waals surface area contributed by atoms with E-state index in [2.05, 4.69) is 20.3 Å². The minimum atomic E-state index is -4.68. The van der Waals surface area contributed by atoms with Crippen LogP contribution >= 0.6 is 7.14 Å². The van der Waals surface area contributed by atoms with E-state index in [9.17, 15) is 22.8 Å². The molecule has 7 nitrogen and oxygen atoms in total. The summed E-state index contributed by atoms with van der Waals surface area (Å²) in [4.78, 5) is 10.8. The molecule has 0 aliphatic rings. The lowest BCUT2D eigenvalue weighted by atomic mass is 10.1. The number of hydrogen-bond acceptors (Lipinski definition) is 6. The number of ether oxygens (including phenoxy) is 1. The predicted octanol–water partition coefficient (Wildman–Crippen LogP) is 3.69. The number of methoxy groups -OCH3 is 1. The van der Waals surface area contributed by atoms with E-state index < -0.39 is 24.9 Å². The van der Waals surface area contributed by atoms with Gasteiger partial charge in [0.1, 0.15) is 18.5 Å². The summed E-state index contributed by atoms with van der Waals surface area (Å²) >= 11 is 0. The van der Waals surface area contributed by atoms with Crippen molar-refractivity contribution in [2.24, 2.45) is 0 Å². The Labute approximate surface area is 171 Å². The molecule has 30 heavy (non-hydrogen) atoms. The third-order valence-corrected chi connectivity index (χ3v) is 6.07. The molecule has 11 heteroatoms. The monoisotopic (exact) mass is 442 g/mol. The van der Waals surface area contributed by atoms with E-state index in [1.165, 1.54) is 13.3 Å². The summed E-state index contributed by atoms with van der Waals surface area (Å²) in [5.74, 6) is 0.349. The van der Waals surface area contributed by atoms with E-state index in [0.717, 1.165) is 0 Å². The Bertz CT molecular complexity index is 1120. The minimum absolute atomic E-state index is 0.0423. The lowest BCUT2D eigenvalue weighted by molar-refractivity contribution is -0.137. The number of halogens is 3. The minimum Gasteiger partial charge on any atom is -0.496 e. The Morgan fingerprint density at radius 1 is 1.33 bits per heavy atom. The third kappa shape index (κ3) is 4.15. The fourth-order valence-electron chi connectivity index (χ4n) is 3.19. The zero-order valence-electron chi connectivity index (χ0n) is 16.8. The van der Waals surface area contributed by atoms with Crippen molar-refractivity contribution in [3.05, 3.63) is 30.1 Å². The fraction of sp³-hybridized carbons (Fsp3) is 0.368. The molecule has 0 aliphatic heterocycles. The van der Waals surface area contributed by atoms with Crippen molar-refractivity contribution in [1.82, 2.24) is 15.0 Å². The second-order valence-electron chi connectivity index (χ2n) is 7.27. The van der Waals surface area contributed by atoms with Gasteiger partial charge in [0, 0.05) is 29.4 Å². The van der Waals surface area contributed by atoms with Crippen LogP contribution in [-0.2, 0) is 10.7 Å². The van der Waals surface area contributed by atoms with Gasteiger partial charge in [-0.3, -0.25) is 0 Å². The van der Waals surface area contributed by atoms with Gasteiger partial charge in [-0.25, -0.2) is 9.97 Å². The average molecular weight is 442 g/mol. The first kappa shape index (κ1) is 22.1. The maximum Gasteiger partial charge on any atom is 0.419 e.